The van der Waals surface area contributed by atoms with Gasteiger partial charge in [-0.25, -0.2) is 4.79 Å². The molecule has 42 heavy (non-hydrogen) atoms. The summed E-state index contributed by atoms with van der Waals surface area (Å²) in [4.78, 5) is 43.0. The Morgan fingerprint density at radius 1 is 0.905 bits per heavy atom. The van der Waals surface area contributed by atoms with Gasteiger partial charge in [0.25, 0.3) is 5.91 Å². The Morgan fingerprint density at radius 2 is 1.55 bits per heavy atom. The van der Waals surface area contributed by atoms with E-state index in [1.165, 1.54) is 11.0 Å². The molecule has 0 aliphatic rings. The lowest BCUT2D eigenvalue weighted by molar-refractivity contribution is -0.147. The van der Waals surface area contributed by atoms with E-state index in [-0.39, 0.29) is 11.7 Å². The van der Waals surface area contributed by atoms with Crippen molar-refractivity contribution in [2.45, 2.75) is 92.0 Å². The number of hydrogen-bond acceptors (Lipinski definition) is 5. The average Bonchev–Trinajstić information content (AvgIpc) is 2.86. The van der Waals surface area contributed by atoms with Crippen LogP contribution in [0.15, 0.2) is 60.7 Å². The maximum Gasteiger partial charge on any atom is 0.408 e. The maximum absolute atomic E-state index is 14.5. The van der Waals surface area contributed by atoms with Gasteiger partial charge in [-0.05, 0) is 107 Å². The lowest BCUT2D eigenvalue weighted by atomic mass is 9.93. The van der Waals surface area contributed by atoms with E-state index in [2.05, 4.69) is 10.6 Å². The van der Waals surface area contributed by atoms with E-state index < -0.39 is 41.1 Å². The second-order valence-corrected chi connectivity index (χ2v) is 13.2. The zero-order chi connectivity index (χ0) is 31.4. The predicted molar refractivity (Wildman–Crippen MR) is 167 cm³/mol. The van der Waals surface area contributed by atoms with Crippen LogP contribution in [0.1, 0.15) is 79.0 Å². The molecule has 0 fully saturated rings. The number of amides is 3. The summed E-state index contributed by atoms with van der Waals surface area (Å²) in [6.45, 7) is 16.5. The summed E-state index contributed by atoms with van der Waals surface area (Å²) in [5.41, 5.74) is 0.117. The number of nitrogens with one attached hydrogen (secondary N) is 2. The number of alkyl carbamates (subject to hydrolysis) is 1. The lowest BCUT2D eigenvalue weighted by Crippen LogP contribution is -2.58. The number of carbonyl (C=O) groups is 3. The van der Waals surface area contributed by atoms with E-state index in [9.17, 15) is 19.5 Å². The molecule has 3 aromatic rings. The van der Waals surface area contributed by atoms with Gasteiger partial charge >= 0.3 is 6.09 Å². The molecule has 0 aliphatic carbocycles. The first-order chi connectivity index (χ1) is 19.5. The van der Waals surface area contributed by atoms with Crippen molar-refractivity contribution in [3.63, 3.8) is 0 Å². The number of aryl methyl sites for hydroxylation is 1. The quantitative estimate of drug-likeness (QED) is 0.266. The lowest BCUT2D eigenvalue weighted by Gasteiger charge is -2.43. The molecule has 3 aromatic carbocycles. The molecule has 8 heteroatoms. The molecule has 226 valence electrons. The van der Waals surface area contributed by atoms with Gasteiger partial charge in [0, 0.05) is 11.2 Å². The first kappa shape index (κ1) is 32.4. The van der Waals surface area contributed by atoms with Crippen LogP contribution >= 0.6 is 0 Å². The number of fused-ring (bicyclic) bond motifs is 1. The summed E-state index contributed by atoms with van der Waals surface area (Å²) < 4.78 is 5.47. The fourth-order valence-corrected chi connectivity index (χ4v) is 4.90. The normalized spacial score (nSPS) is 13.4. The second-order valence-electron chi connectivity index (χ2n) is 13.2. The van der Waals surface area contributed by atoms with Crippen LogP contribution in [0.4, 0.5) is 10.5 Å². The van der Waals surface area contributed by atoms with Gasteiger partial charge in [0.05, 0.1) is 0 Å². The molecule has 2 unspecified atom stereocenters. The second kappa shape index (κ2) is 12.8. The van der Waals surface area contributed by atoms with E-state index in [0.717, 1.165) is 10.8 Å². The molecule has 0 bridgehead atoms. The molecular weight excluding hydrogens is 530 g/mol. The molecule has 2 atom stereocenters. The highest BCUT2D eigenvalue weighted by atomic mass is 16.6. The van der Waals surface area contributed by atoms with Crippen molar-refractivity contribution >= 4 is 34.4 Å². The molecule has 0 radical (unpaired) electrons. The fourth-order valence-electron chi connectivity index (χ4n) is 4.90. The molecule has 8 nitrogen and oxygen atoms in total. The first-order valence-electron chi connectivity index (χ1n) is 14.4. The minimum atomic E-state index is -1.07. The van der Waals surface area contributed by atoms with Crippen molar-refractivity contribution in [2.24, 2.45) is 5.92 Å². The van der Waals surface area contributed by atoms with Crippen molar-refractivity contribution in [1.29, 1.82) is 0 Å². The SMILES string of the molecule is Cc1cc(C(C(=O)Nc2ccc3ccccc3c2)N(C(=O)C(CC(C)C)NC(=O)OC(C)(C)C)C(C)(C)C)ccc1O. The van der Waals surface area contributed by atoms with Gasteiger partial charge in [-0.2, -0.15) is 0 Å². The standard InChI is InChI=1S/C34H45N3O5/c1-21(2)18-27(36-32(41)42-34(7,8)9)31(40)37(33(4,5)6)29(25-15-17-28(38)22(3)19-25)30(39)35-26-16-14-23-12-10-11-13-24(23)20-26/h10-17,19-21,27,29,38H,18H2,1-9H3,(H,35,39)(H,36,41). The third-order valence-electron chi connectivity index (χ3n) is 6.72. The van der Waals surface area contributed by atoms with Crippen LogP contribution in [-0.4, -0.2) is 45.1 Å². The largest absolute Gasteiger partial charge is 0.508 e. The predicted octanol–water partition coefficient (Wildman–Crippen LogP) is 7.10. The van der Waals surface area contributed by atoms with Crippen molar-refractivity contribution in [3.05, 3.63) is 71.8 Å². The van der Waals surface area contributed by atoms with Gasteiger partial charge < -0.3 is 25.4 Å². The van der Waals surface area contributed by atoms with Crippen molar-refractivity contribution in [2.75, 3.05) is 5.32 Å². The van der Waals surface area contributed by atoms with Crippen molar-refractivity contribution in [1.82, 2.24) is 10.2 Å². The molecule has 0 aromatic heterocycles. The number of phenols is 1. The Labute approximate surface area is 249 Å². The highest BCUT2D eigenvalue weighted by Crippen LogP contribution is 2.34. The van der Waals surface area contributed by atoms with Gasteiger partial charge in [-0.15, -0.1) is 0 Å². The van der Waals surface area contributed by atoms with Gasteiger partial charge in [0.15, 0.2) is 0 Å². The highest BCUT2D eigenvalue weighted by Gasteiger charge is 2.42. The molecule has 3 N–H and O–H groups in total. The molecule has 3 amide bonds. The molecule has 0 heterocycles. The van der Waals surface area contributed by atoms with Gasteiger partial charge in [0.1, 0.15) is 23.4 Å². The zero-order valence-electron chi connectivity index (χ0n) is 26.2. The number of ether oxygens (including phenoxy) is 1. The Kier molecular flexibility index (Phi) is 9.92. The topological polar surface area (TPSA) is 108 Å². The molecular formula is C34H45N3O5. The number of benzene rings is 3. The van der Waals surface area contributed by atoms with E-state index >= 15 is 0 Å². The average molecular weight is 576 g/mol. The molecule has 3 rings (SSSR count). The van der Waals surface area contributed by atoms with Crippen molar-refractivity contribution in [3.8, 4) is 5.75 Å². The number of aromatic hydroxyl groups is 1. The molecule has 0 aliphatic heterocycles. The number of nitrogens with zero attached hydrogens (tertiary/aromatic N) is 1. The van der Waals surface area contributed by atoms with Crippen LogP contribution in [0.5, 0.6) is 5.75 Å². The minimum Gasteiger partial charge on any atom is -0.508 e. The van der Waals surface area contributed by atoms with Crippen LogP contribution < -0.4 is 10.6 Å². The molecule has 0 saturated heterocycles. The fraction of sp³-hybridized carbons (Fsp3) is 0.441. The van der Waals surface area contributed by atoms with Gasteiger partial charge in [-0.3, -0.25) is 9.59 Å². The third kappa shape index (κ3) is 8.47. The minimum absolute atomic E-state index is 0.0662. The number of phenolic OH excluding ortho intramolecular Hbond substituents is 1. The van der Waals surface area contributed by atoms with Crippen molar-refractivity contribution < 1.29 is 24.2 Å². The maximum atomic E-state index is 14.5. The van der Waals surface area contributed by atoms with Crippen LogP contribution in [0.2, 0.25) is 0 Å². The zero-order valence-corrected chi connectivity index (χ0v) is 26.2. The van der Waals surface area contributed by atoms with E-state index in [0.29, 0.717) is 23.2 Å². The highest BCUT2D eigenvalue weighted by molar-refractivity contribution is 6.00. The Morgan fingerprint density at radius 3 is 2.12 bits per heavy atom. The summed E-state index contributed by atoms with van der Waals surface area (Å²) in [6.07, 6.45) is -0.355. The monoisotopic (exact) mass is 575 g/mol. The summed E-state index contributed by atoms with van der Waals surface area (Å²) in [6, 6.07) is 16.4. The Bertz CT molecular complexity index is 1440. The molecule has 0 saturated carbocycles. The molecule has 0 spiro atoms. The number of anilines is 1. The van der Waals surface area contributed by atoms with Gasteiger partial charge in [0.2, 0.25) is 5.91 Å². The summed E-state index contributed by atoms with van der Waals surface area (Å²) >= 11 is 0. The first-order valence-corrected chi connectivity index (χ1v) is 14.4. The van der Waals surface area contributed by atoms with Crippen LogP contribution in [0.25, 0.3) is 10.8 Å². The summed E-state index contributed by atoms with van der Waals surface area (Å²) in [7, 11) is 0. The van der Waals surface area contributed by atoms with E-state index in [1.807, 2.05) is 77.1 Å². The van der Waals surface area contributed by atoms with E-state index in [1.54, 1.807) is 39.8 Å². The number of hydrogen-bond donors (Lipinski definition) is 3. The Balaban J connectivity index is 2.09. The van der Waals surface area contributed by atoms with Gasteiger partial charge in [-0.1, -0.05) is 50.2 Å². The summed E-state index contributed by atoms with van der Waals surface area (Å²) in [5.74, 6) is -0.674. The van der Waals surface area contributed by atoms with E-state index in [4.69, 9.17) is 4.74 Å². The third-order valence-corrected chi connectivity index (χ3v) is 6.72. The van der Waals surface area contributed by atoms with Crippen LogP contribution in [0.3, 0.4) is 0 Å². The summed E-state index contributed by atoms with van der Waals surface area (Å²) in [5, 5.41) is 18.0. The Hall–Kier alpha value is -4.07. The smallest absolute Gasteiger partial charge is 0.408 e. The number of carbonyl (C=O) groups excluding carboxylic acids is 3. The number of rotatable bonds is 8. The van der Waals surface area contributed by atoms with Crippen LogP contribution in [0, 0.1) is 12.8 Å². The van der Waals surface area contributed by atoms with Crippen LogP contribution in [-0.2, 0) is 14.3 Å².